The number of hydrogen-bond donors (Lipinski definition) is 3. The average Bonchev–Trinajstić information content (AvgIpc) is 3.55. The number of aromatic amines is 2. The van der Waals surface area contributed by atoms with Crippen molar-refractivity contribution in [3.8, 4) is 0 Å². The van der Waals surface area contributed by atoms with Crippen LogP contribution in [-0.4, -0.2) is 49.2 Å². The van der Waals surface area contributed by atoms with Gasteiger partial charge >= 0.3 is 6.18 Å². The molecule has 4 N–H and O–H groups in total. The van der Waals surface area contributed by atoms with Crippen molar-refractivity contribution in [3.05, 3.63) is 74.5 Å². The van der Waals surface area contributed by atoms with E-state index in [2.05, 4.69) is 43.4 Å². The van der Waals surface area contributed by atoms with E-state index in [1.54, 1.807) is 0 Å². The van der Waals surface area contributed by atoms with Crippen molar-refractivity contribution in [1.29, 1.82) is 0 Å². The Hall–Kier alpha value is -3.93. The van der Waals surface area contributed by atoms with E-state index in [0.717, 1.165) is 36.8 Å². The van der Waals surface area contributed by atoms with Crippen molar-refractivity contribution in [1.82, 2.24) is 29.9 Å². The number of alkyl halides is 3. The lowest BCUT2D eigenvalue weighted by molar-refractivity contribution is -0.143. The van der Waals surface area contributed by atoms with Gasteiger partial charge in [-0.3, -0.25) is 19.6 Å². The van der Waals surface area contributed by atoms with E-state index < -0.39 is 18.1 Å². The lowest BCUT2D eigenvalue weighted by Gasteiger charge is -2.42. The molecule has 1 saturated heterocycles. The second kappa shape index (κ2) is 9.29. The fourth-order valence-corrected chi connectivity index (χ4v) is 7.81. The van der Waals surface area contributed by atoms with Crippen molar-refractivity contribution < 1.29 is 13.2 Å². The molecular formula is C32H35F3N8O. The van der Waals surface area contributed by atoms with E-state index in [-0.39, 0.29) is 22.9 Å². The molecule has 1 aromatic carbocycles. The largest absolute Gasteiger partial charge is 0.408 e. The molecule has 12 heteroatoms. The van der Waals surface area contributed by atoms with Crippen molar-refractivity contribution in [2.75, 3.05) is 18.0 Å². The minimum Gasteiger partial charge on any atom is -0.342 e. The second-order valence-electron chi connectivity index (χ2n) is 13.9. The quantitative estimate of drug-likeness (QED) is 0.297. The molecule has 230 valence electrons. The number of anilines is 1. The first-order chi connectivity index (χ1) is 20.9. The molecule has 3 aromatic heterocycles. The highest BCUT2D eigenvalue weighted by atomic mass is 19.4. The summed E-state index contributed by atoms with van der Waals surface area (Å²) in [7, 11) is 0. The molecule has 2 fully saturated rings. The van der Waals surface area contributed by atoms with Gasteiger partial charge in [-0.25, -0.2) is 0 Å². The van der Waals surface area contributed by atoms with Gasteiger partial charge in [0.1, 0.15) is 17.6 Å². The van der Waals surface area contributed by atoms with Crippen molar-refractivity contribution in [3.63, 3.8) is 0 Å². The molecule has 1 saturated carbocycles. The van der Waals surface area contributed by atoms with Crippen LogP contribution in [-0.2, 0) is 19.4 Å². The molecule has 4 aromatic rings. The fourth-order valence-electron chi connectivity index (χ4n) is 7.81. The third-order valence-electron chi connectivity index (χ3n) is 10.1. The number of fused-ring (bicyclic) bond motifs is 3. The standard InChI is InChI=1S/C32H35F3N8O/c1-30(2)14-20(22-21(15-30)43(16-32(33,34)35)41-24(22)17-7-8-17)25-23-27(40-39-25)37-29(38-28(23)44)42-11-9-31(10-12-42)13-18-5-3-4-6-19(18)26(31)36/h3-6,14,17,26H,7-13,15-16,36H2,1-2H3,(H2,37,38,39,40,44)/t26-/m1/s1. The topological polar surface area (TPSA) is 122 Å². The minimum absolute atomic E-state index is 0.000468. The highest BCUT2D eigenvalue weighted by molar-refractivity contribution is 5.95. The lowest BCUT2D eigenvalue weighted by atomic mass is 9.73. The SMILES string of the molecule is CC1(C)C=C(c2n[nH]c3nc(N4CCC5(CC4)Cc4ccccc4[C@H]5N)[nH]c(=O)c23)c2c(C3CC3)nn(CC(F)(F)F)c2C1. The number of nitrogens with two attached hydrogens (primary N) is 1. The number of nitrogens with zero attached hydrogens (tertiary/aromatic N) is 5. The van der Waals surface area contributed by atoms with E-state index in [4.69, 9.17) is 10.7 Å². The zero-order chi connectivity index (χ0) is 30.6. The van der Waals surface area contributed by atoms with Gasteiger partial charge in [-0.2, -0.15) is 28.4 Å². The fraction of sp³-hybridized carbons (Fsp3) is 0.500. The van der Waals surface area contributed by atoms with Crippen LogP contribution in [0.3, 0.4) is 0 Å². The molecule has 1 aliphatic heterocycles. The number of rotatable bonds is 4. The molecule has 4 heterocycles. The van der Waals surface area contributed by atoms with Crippen LogP contribution < -0.4 is 16.2 Å². The van der Waals surface area contributed by atoms with Crippen LogP contribution in [0.5, 0.6) is 0 Å². The molecule has 1 spiro atoms. The monoisotopic (exact) mass is 604 g/mol. The van der Waals surface area contributed by atoms with Crippen molar-refractivity contribution >= 4 is 22.6 Å². The van der Waals surface area contributed by atoms with Crippen LogP contribution in [0.25, 0.3) is 16.6 Å². The summed E-state index contributed by atoms with van der Waals surface area (Å²) in [6.07, 6.45) is 2.53. The Balaban J connectivity index is 1.13. The number of H-pyrrole nitrogens is 2. The van der Waals surface area contributed by atoms with Crippen LogP contribution >= 0.6 is 0 Å². The third kappa shape index (κ3) is 4.40. The van der Waals surface area contributed by atoms with Crippen molar-refractivity contribution in [2.45, 2.75) is 77.1 Å². The van der Waals surface area contributed by atoms with Crippen LogP contribution in [0, 0.1) is 10.8 Å². The van der Waals surface area contributed by atoms with Crippen LogP contribution in [0.2, 0.25) is 0 Å². The first-order valence-electron chi connectivity index (χ1n) is 15.4. The maximum atomic E-state index is 13.7. The normalized spacial score (nSPS) is 22.4. The highest BCUT2D eigenvalue weighted by Crippen LogP contribution is 2.51. The third-order valence-corrected chi connectivity index (χ3v) is 10.1. The average molecular weight is 605 g/mol. The Morgan fingerprint density at radius 2 is 1.86 bits per heavy atom. The molecule has 0 unspecified atom stereocenters. The van der Waals surface area contributed by atoms with Gasteiger partial charge in [0.05, 0.1) is 5.69 Å². The summed E-state index contributed by atoms with van der Waals surface area (Å²) in [6, 6.07) is 8.39. The first kappa shape index (κ1) is 27.6. The second-order valence-corrected chi connectivity index (χ2v) is 13.9. The number of benzene rings is 1. The van der Waals surface area contributed by atoms with Gasteiger partial charge < -0.3 is 10.6 Å². The molecule has 9 nitrogen and oxygen atoms in total. The first-order valence-corrected chi connectivity index (χ1v) is 15.4. The van der Waals surface area contributed by atoms with Gasteiger partial charge in [-0.05, 0) is 60.5 Å². The van der Waals surface area contributed by atoms with Gasteiger partial charge in [0, 0.05) is 41.9 Å². The summed E-state index contributed by atoms with van der Waals surface area (Å²) < 4.78 is 41.8. The van der Waals surface area contributed by atoms with Crippen LogP contribution in [0.4, 0.5) is 19.1 Å². The Morgan fingerprint density at radius 1 is 1.11 bits per heavy atom. The maximum absolute atomic E-state index is 13.7. The minimum atomic E-state index is -4.40. The Bertz CT molecular complexity index is 1890. The molecule has 44 heavy (non-hydrogen) atoms. The van der Waals surface area contributed by atoms with Gasteiger partial charge in [0.25, 0.3) is 5.56 Å². The number of nitrogens with one attached hydrogen (secondary N) is 2. The molecule has 8 rings (SSSR count). The molecule has 4 aliphatic rings. The number of hydrogen-bond acceptors (Lipinski definition) is 6. The summed E-state index contributed by atoms with van der Waals surface area (Å²) in [4.78, 5) is 23.6. The summed E-state index contributed by atoms with van der Waals surface area (Å²) in [5.74, 6) is 0.589. The molecular weight excluding hydrogens is 569 g/mol. The number of allylic oxidation sites excluding steroid dienone is 1. The molecule has 0 bridgehead atoms. The summed E-state index contributed by atoms with van der Waals surface area (Å²) >= 11 is 0. The van der Waals surface area contributed by atoms with E-state index >= 15 is 0 Å². The summed E-state index contributed by atoms with van der Waals surface area (Å²) in [5.41, 5.74) is 11.8. The van der Waals surface area contributed by atoms with Crippen molar-refractivity contribution in [2.24, 2.45) is 16.6 Å². The highest BCUT2D eigenvalue weighted by Gasteiger charge is 2.46. The number of piperidine rings is 1. The lowest BCUT2D eigenvalue weighted by Crippen LogP contribution is -2.45. The zero-order valence-corrected chi connectivity index (χ0v) is 24.8. The van der Waals surface area contributed by atoms with Gasteiger partial charge in [-0.15, -0.1) is 0 Å². The van der Waals surface area contributed by atoms with Gasteiger partial charge in [0.2, 0.25) is 5.95 Å². The van der Waals surface area contributed by atoms with E-state index in [1.165, 1.54) is 11.1 Å². The van der Waals surface area contributed by atoms with E-state index in [9.17, 15) is 18.0 Å². The smallest absolute Gasteiger partial charge is 0.342 e. The predicted octanol–water partition coefficient (Wildman–Crippen LogP) is 5.14. The maximum Gasteiger partial charge on any atom is 0.408 e. The molecule has 0 amide bonds. The number of halogens is 3. The van der Waals surface area contributed by atoms with E-state index in [0.29, 0.717) is 64.7 Å². The Morgan fingerprint density at radius 3 is 2.57 bits per heavy atom. The Kier molecular flexibility index (Phi) is 5.83. The molecule has 0 radical (unpaired) electrons. The predicted molar refractivity (Wildman–Crippen MR) is 160 cm³/mol. The van der Waals surface area contributed by atoms with Gasteiger partial charge in [0.15, 0.2) is 5.65 Å². The molecule has 1 atom stereocenters. The molecule has 3 aliphatic carbocycles. The van der Waals surface area contributed by atoms with E-state index in [1.807, 2.05) is 26.0 Å². The number of aromatic nitrogens is 6. The summed E-state index contributed by atoms with van der Waals surface area (Å²) in [5, 5.41) is 12.3. The Labute approximate surface area is 251 Å². The van der Waals surface area contributed by atoms with Crippen LogP contribution in [0.1, 0.15) is 85.3 Å². The summed E-state index contributed by atoms with van der Waals surface area (Å²) in [6.45, 7) is 4.23. The van der Waals surface area contributed by atoms with Crippen LogP contribution in [0.15, 0.2) is 35.1 Å². The van der Waals surface area contributed by atoms with Gasteiger partial charge in [-0.1, -0.05) is 44.2 Å². The zero-order valence-electron chi connectivity index (χ0n) is 24.8.